The number of hydrogen-bond acceptors (Lipinski definition) is 0. The lowest BCUT2D eigenvalue weighted by Gasteiger charge is -2.32. The van der Waals surface area contributed by atoms with E-state index in [9.17, 15) is 0 Å². The number of benzene rings is 6. The van der Waals surface area contributed by atoms with E-state index in [0.717, 1.165) is 0 Å². The van der Waals surface area contributed by atoms with Gasteiger partial charge in [0.1, 0.15) is 0 Å². The van der Waals surface area contributed by atoms with Gasteiger partial charge in [0, 0.05) is 0 Å². The van der Waals surface area contributed by atoms with Crippen molar-refractivity contribution in [3.8, 4) is 11.1 Å². The van der Waals surface area contributed by atoms with Gasteiger partial charge in [-0.25, -0.2) is 0 Å². The molecule has 6 aromatic rings. The minimum absolute atomic E-state index is 1.30. The Bertz CT molecular complexity index is 1610. The van der Waals surface area contributed by atoms with Crippen molar-refractivity contribution < 1.29 is 0 Å². The Labute approximate surface area is 194 Å². The Morgan fingerprint density at radius 1 is 0.394 bits per heavy atom. The highest BCUT2D eigenvalue weighted by atomic mass is 28.3. The average Bonchev–Trinajstić information content (AvgIpc) is 3.20. The van der Waals surface area contributed by atoms with Gasteiger partial charge < -0.3 is 0 Å². The summed E-state index contributed by atoms with van der Waals surface area (Å²) in [6.07, 6.45) is 0. The highest BCUT2D eigenvalue weighted by Crippen LogP contribution is 2.33. The summed E-state index contributed by atoms with van der Waals surface area (Å²) in [7, 11) is -2.48. The number of fused-ring (bicyclic) bond motifs is 6. The predicted molar refractivity (Wildman–Crippen MR) is 144 cm³/mol. The molecule has 0 radical (unpaired) electrons. The van der Waals surface area contributed by atoms with Crippen LogP contribution < -0.4 is 20.7 Å². The number of rotatable bonds is 2. The third-order valence-corrected chi connectivity index (χ3v) is 12.2. The SMILES string of the molecule is c1ccc([Si]2(c3ccccc3)c3ccccc3-c3ccc4cc5ccccc5cc4c32)cc1. The molecule has 1 heteroatoms. The summed E-state index contributed by atoms with van der Waals surface area (Å²) in [6.45, 7) is 0. The lowest BCUT2D eigenvalue weighted by atomic mass is 9.98. The normalized spacial score (nSPS) is 13.7. The van der Waals surface area contributed by atoms with Gasteiger partial charge in [0.2, 0.25) is 0 Å². The summed E-state index contributed by atoms with van der Waals surface area (Å²) in [5.74, 6) is 0. The van der Waals surface area contributed by atoms with Crippen LogP contribution in [-0.2, 0) is 0 Å². The van der Waals surface area contributed by atoms with Crippen LogP contribution >= 0.6 is 0 Å². The predicted octanol–water partition coefficient (Wildman–Crippen LogP) is 5.35. The molecule has 0 unspecified atom stereocenters. The van der Waals surface area contributed by atoms with Crippen LogP contribution in [0.1, 0.15) is 0 Å². The lowest BCUT2D eigenvalue weighted by Crippen LogP contribution is -2.72. The van der Waals surface area contributed by atoms with Crippen LogP contribution in [0.5, 0.6) is 0 Å². The second-order valence-electron chi connectivity index (χ2n) is 8.94. The molecule has 0 saturated carbocycles. The molecule has 0 N–H and O–H groups in total. The van der Waals surface area contributed by atoms with Crippen molar-refractivity contribution in [2.45, 2.75) is 0 Å². The topological polar surface area (TPSA) is 0 Å². The molecular weight excluding hydrogens is 412 g/mol. The van der Waals surface area contributed by atoms with Gasteiger partial charge in [0.15, 0.2) is 8.07 Å². The Hall–Kier alpha value is -3.94. The van der Waals surface area contributed by atoms with Crippen molar-refractivity contribution in [3.05, 3.63) is 133 Å². The van der Waals surface area contributed by atoms with Crippen LogP contribution in [0.15, 0.2) is 133 Å². The van der Waals surface area contributed by atoms with E-state index in [2.05, 4.69) is 133 Å². The molecule has 0 bridgehead atoms. The van der Waals surface area contributed by atoms with Crippen molar-refractivity contribution in [1.82, 2.24) is 0 Å². The summed E-state index contributed by atoms with van der Waals surface area (Å²) < 4.78 is 0. The van der Waals surface area contributed by atoms with Crippen LogP contribution in [0, 0.1) is 0 Å². The van der Waals surface area contributed by atoms with E-state index in [1.54, 1.807) is 0 Å². The Kier molecular flexibility index (Phi) is 3.96. The summed E-state index contributed by atoms with van der Waals surface area (Å²) >= 11 is 0. The zero-order valence-corrected chi connectivity index (χ0v) is 19.2. The summed E-state index contributed by atoms with van der Waals surface area (Å²) in [4.78, 5) is 0. The first kappa shape index (κ1) is 18.6. The molecule has 0 amide bonds. The molecule has 0 aromatic heterocycles. The Balaban J connectivity index is 1.73. The lowest BCUT2D eigenvalue weighted by molar-refractivity contribution is 1.70. The van der Waals surface area contributed by atoms with E-state index in [1.807, 2.05) is 0 Å². The fraction of sp³-hybridized carbons (Fsp3) is 0. The van der Waals surface area contributed by atoms with E-state index in [1.165, 1.54) is 53.4 Å². The molecule has 0 spiro atoms. The average molecular weight is 435 g/mol. The van der Waals surface area contributed by atoms with Crippen molar-refractivity contribution in [2.24, 2.45) is 0 Å². The van der Waals surface area contributed by atoms with Crippen molar-refractivity contribution in [3.63, 3.8) is 0 Å². The molecule has 154 valence electrons. The van der Waals surface area contributed by atoms with Gasteiger partial charge in [0.25, 0.3) is 0 Å². The summed E-state index contributed by atoms with van der Waals surface area (Å²) in [5, 5.41) is 11.2. The molecule has 1 heterocycles. The second kappa shape index (κ2) is 7.03. The van der Waals surface area contributed by atoms with Gasteiger partial charge in [0.05, 0.1) is 0 Å². The molecule has 0 aliphatic carbocycles. The maximum atomic E-state index is 2.43. The largest absolute Gasteiger partial charge is 0.181 e. The monoisotopic (exact) mass is 434 g/mol. The van der Waals surface area contributed by atoms with E-state index in [0.29, 0.717) is 0 Å². The molecule has 33 heavy (non-hydrogen) atoms. The summed E-state index contributed by atoms with van der Waals surface area (Å²) in [6, 6.07) is 49.8. The molecule has 1 aliphatic rings. The van der Waals surface area contributed by atoms with E-state index in [4.69, 9.17) is 0 Å². The van der Waals surface area contributed by atoms with Gasteiger partial charge in [-0.3, -0.25) is 0 Å². The first-order chi connectivity index (χ1) is 16.4. The second-order valence-corrected chi connectivity index (χ2v) is 12.6. The fourth-order valence-corrected chi connectivity index (χ4v) is 11.4. The first-order valence-corrected chi connectivity index (χ1v) is 13.5. The molecule has 7 rings (SSSR count). The smallest absolute Gasteiger partial charge is 0.0623 e. The third kappa shape index (κ3) is 2.51. The molecular formula is C32H22Si. The van der Waals surface area contributed by atoms with E-state index in [-0.39, 0.29) is 0 Å². The zero-order chi connectivity index (χ0) is 21.8. The molecule has 6 aromatic carbocycles. The van der Waals surface area contributed by atoms with Gasteiger partial charge in [-0.15, -0.1) is 0 Å². The van der Waals surface area contributed by atoms with Gasteiger partial charge in [-0.2, -0.15) is 0 Å². The quantitative estimate of drug-likeness (QED) is 0.254. The molecule has 0 saturated heterocycles. The molecule has 0 nitrogen and oxygen atoms in total. The van der Waals surface area contributed by atoms with E-state index >= 15 is 0 Å². The molecule has 0 atom stereocenters. The van der Waals surface area contributed by atoms with Crippen LogP contribution in [0.3, 0.4) is 0 Å². The fourth-order valence-electron chi connectivity index (χ4n) is 5.96. The van der Waals surface area contributed by atoms with E-state index < -0.39 is 8.07 Å². The maximum absolute atomic E-state index is 2.48. The highest BCUT2D eigenvalue weighted by Gasteiger charge is 2.49. The Morgan fingerprint density at radius 3 is 1.67 bits per heavy atom. The van der Waals surface area contributed by atoms with Gasteiger partial charge in [-0.05, 0) is 65.6 Å². The third-order valence-electron chi connectivity index (χ3n) is 7.30. The minimum atomic E-state index is -2.48. The van der Waals surface area contributed by atoms with Crippen molar-refractivity contribution in [2.75, 3.05) is 0 Å². The molecule has 1 aliphatic heterocycles. The van der Waals surface area contributed by atoms with Crippen molar-refractivity contribution >= 4 is 50.4 Å². The van der Waals surface area contributed by atoms with Crippen LogP contribution in [-0.4, -0.2) is 8.07 Å². The number of hydrogen-bond donors (Lipinski definition) is 0. The van der Waals surface area contributed by atoms with Crippen LogP contribution in [0.25, 0.3) is 32.7 Å². The maximum Gasteiger partial charge on any atom is 0.181 e. The summed E-state index contributed by atoms with van der Waals surface area (Å²) in [5.41, 5.74) is 2.79. The van der Waals surface area contributed by atoms with Crippen molar-refractivity contribution in [1.29, 1.82) is 0 Å². The first-order valence-electron chi connectivity index (χ1n) is 11.5. The van der Waals surface area contributed by atoms with Gasteiger partial charge >= 0.3 is 0 Å². The highest BCUT2D eigenvalue weighted by molar-refractivity contribution is 7.23. The minimum Gasteiger partial charge on any atom is -0.0623 e. The van der Waals surface area contributed by atoms with Gasteiger partial charge in [-0.1, -0.05) is 121 Å². The standard InChI is InChI=1S/C32H22Si/c1-3-13-26(14-4-1)33(27-15-5-2-6-16-27)31-18-10-9-17-28(31)29-20-19-25-21-23-11-7-8-12-24(23)22-30(25)32(29)33/h1-22H. The Morgan fingerprint density at radius 2 is 0.970 bits per heavy atom. The molecule has 0 fully saturated rings. The van der Waals surface area contributed by atoms with Crippen LogP contribution in [0.4, 0.5) is 0 Å². The van der Waals surface area contributed by atoms with Crippen LogP contribution in [0.2, 0.25) is 0 Å². The zero-order valence-electron chi connectivity index (χ0n) is 18.2.